The Morgan fingerprint density at radius 2 is 2.31 bits per heavy atom. The van der Waals surface area contributed by atoms with E-state index in [-0.39, 0.29) is 5.82 Å². The van der Waals surface area contributed by atoms with E-state index in [4.69, 9.17) is 11.6 Å². The predicted molar refractivity (Wildman–Crippen MR) is 52.2 cm³/mol. The van der Waals surface area contributed by atoms with Gasteiger partial charge >= 0.3 is 0 Å². The number of hydrogen-bond donors (Lipinski definition) is 1. The summed E-state index contributed by atoms with van der Waals surface area (Å²) < 4.78 is 12.7. The van der Waals surface area contributed by atoms with E-state index >= 15 is 0 Å². The van der Waals surface area contributed by atoms with Gasteiger partial charge in [0.2, 0.25) is 0 Å². The van der Waals surface area contributed by atoms with Crippen molar-refractivity contribution in [3.05, 3.63) is 34.6 Å². The molecule has 1 aromatic rings. The standard InChI is InChI=1S/C10H9ClFN/c1-13-6-2-3-8-7-9(12)4-5-10(8)11/h4-5,7,13H,6H2,1H3. The summed E-state index contributed by atoms with van der Waals surface area (Å²) in [6, 6.07) is 4.14. The molecule has 0 radical (unpaired) electrons. The van der Waals surface area contributed by atoms with Crippen molar-refractivity contribution in [3.8, 4) is 11.8 Å². The summed E-state index contributed by atoms with van der Waals surface area (Å²) in [5, 5.41) is 3.34. The van der Waals surface area contributed by atoms with Gasteiger partial charge in [0.1, 0.15) is 5.82 Å². The molecule has 0 atom stereocenters. The van der Waals surface area contributed by atoms with E-state index in [0.717, 1.165) is 0 Å². The molecule has 0 unspecified atom stereocenters. The van der Waals surface area contributed by atoms with E-state index in [9.17, 15) is 4.39 Å². The summed E-state index contributed by atoms with van der Waals surface area (Å²) >= 11 is 5.79. The molecule has 0 fully saturated rings. The highest BCUT2D eigenvalue weighted by Gasteiger charge is 1.97. The van der Waals surface area contributed by atoms with Crippen LogP contribution in [0.25, 0.3) is 0 Å². The van der Waals surface area contributed by atoms with Gasteiger partial charge in [-0.2, -0.15) is 0 Å². The molecular weight excluding hydrogens is 189 g/mol. The van der Waals surface area contributed by atoms with Crippen LogP contribution in [0.2, 0.25) is 5.02 Å². The van der Waals surface area contributed by atoms with Crippen molar-refractivity contribution in [1.82, 2.24) is 5.32 Å². The topological polar surface area (TPSA) is 12.0 Å². The second-order valence-electron chi connectivity index (χ2n) is 2.46. The predicted octanol–water partition coefficient (Wildman–Crippen LogP) is 2.05. The molecule has 3 heteroatoms. The van der Waals surface area contributed by atoms with E-state index in [1.165, 1.54) is 18.2 Å². The molecule has 0 spiro atoms. The zero-order valence-electron chi connectivity index (χ0n) is 7.20. The zero-order valence-corrected chi connectivity index (χ0v) is 7.95. The van der Waals surface area contributed by atoms with Crippen LogP contribution in [0.4, 0.5) is 4.39 Å². The highest BCUT2D eigenvalue weighted by molar-refractivity contribution is 6.31. The van der Waals surface area contributed by atoms with Gasteiger partial charge in [0.25, 0.3) is 0 Å². The first kappa shape index (κ1) is 10.0. The van der Waals surface area contributed by atoms with Gasteiger partial charge < -0.3 is 5.32 Å². The maximum absolute atomic E-state index is 12.7. The third-order valence-electron chi connectivity index (χ3n) is 1.42. The molecule has 68 valence electrons. The first-order valence-corrected chi connectivity index (χ1v) is 4.20. The lowest BCUT2D eigenvalue weighted by molar-refractivity contribution is 0.627. The van der Waals surface area contributed by atoms with Gasteiger partial charge in [0.15, 0.2) is 0 Å². The third kappa shape index (κ3) is 3.06. The molecule has 0 saturated heterocycles. The van der Waals surface area contributed by atoms with Crippen molar-refractivity contribution in [3.63, 3.8) is 0 Å². The van der Waals surface area contributed by atoms with Gasteiger partial charge in [0, 0.05) is 5.56 Å². The summed E-state index contributed by atoms with van der Waals surface area (Å²) in [6.45, 7) is 0.562. The minimum atomic E-state index is -0.321. The Morgan fingerprint density at radius 3 is 3.00 bits per heavy atom. The Hall–Kier alpha value is -1.04. The van der Waals surface area contributed by atoms with E-state index in [2.05, 4.69) is 17.2 Å². The van der Waals surface area contributed by atoms with Crippen LogP contribution in [-0.4, -0.2) is 13.6 Å². The minimum absolute atomic E-state index is 0.321. The molecule has 1 nitrogen and oxygen atoms in total. The maximum Gasteiger partial charge on any atom is 0.124 e. The average molecular weight is 198 g/mol. The second kappa shape index (κ2) is 4.86. The minimum Gasteiger partial charge on any atom is -0.309 e. The van der Waals surface area contributed by atoms with Crippen LogP contribution in [-0.2, 0) is 0 Å². The Labute approximate surface area is 81.9 Å². The molecule has 1 aromatic carbocycles. The SMILES string of the molecule is CNCC#Cc1cc(F)ccc1Cl. The molecule has 0 aromatic heterocycles. The van der Waals surface area contributed by atoms with Crippen LogP contribution in [0.5, 0.6) is 0 Å². The number of rotatable bonds is 1. The summed E-state index contributed by atoms with van der Waals surface area (Å²) in [5.74, 6) is 5.26. The molecule has 0 aliphatic rings. The van der Waals surface area contributed by atoms with E-state index in [0.29, 0.717) is 17.1 Å². The van der Waals surface area contributed by atoms with Crippen LogP contribution < -0.4 is 5.32 Å². The number of hydrogen-bond acceptors (Lipinski definition) is 1. The highest BCUT2D eigenvalue weighted by atomic mass is 35.5. The fraction of sp³-hybridized carbons (Fsp3) is 0.200. The molecule has 0 amide bonds. The van der Waals surface area contributed by atoms with Gasteiger partial charge in [0.05, 0.1) is 11.6 Å². The molecule has 0 heterocycles. The lowest BCUT2D eigenvalue weighted by atomic mass is 10.2. The Morgan fingerprint density at radius 1 is 1.54 bits per heavy atom. The quantitative estimate of drug-likeness (QED) is 0.680. The molecule has 13 heavy (non-hydrogen) atoms. The van der Waals surface area contributed by atoms with Crippen LogP contribution in [0.15, 0.2) is 18.2 Å². The van der Waals surface area contributed by atoms with Crippen molar-refractivity contribution in [2.75, 3.05) is 13.6 Å². The molecule has 0 bridgehead atoms. The van der Waals surface area contributed by atoms with E-state index in [1.807, 2.05) is 0 Å². The molecule has 0 aliphatic heterocycles. The van der Waals surface area contributed by atoms with E-state index in [1.54, 1.807) is 7.05 Å². The normalized spacial score (nSPS) is 9.15. The van der Waals surface area contributed by atoms with Crippen molar-refractivity contribution in [2.45, 2.75) is 0 Å². The monoisotopic (exact) mass is 197 g/mol. The summed E-state index contributed by atoms with van der Waals surface area (Å²) in [4.78, 5) is 0. The largest absolute Gasteiger partial charge is 0.309 e. The molecule has 0 aliphatic carbocycles. The molecule has 1 rings (SSSR count). The van der Waals surface area contributed by atoms with Crippen LogP contribution in [0.3, 0.4) is 0 Å². The van der Waals surface area contributed by atoms with Crippen LogP contribution >= 0.6 is 11.6 Å². The van der Waals surface area contributed by atoms with Crippen molar-refractivity contribution < 1.29 is 4.39 Å². The van der Waals surface area contributed by atoms with Crippen molar-refractivity contribution in [2.24, 2.45) is 0 Å². The van der Waals surface area contributed by atoms with Gasteiger partial charge in [-0.25, -0.2) is 4.39 Å². The van der Waals surface area contributed by atoms with Gasteiger partial charge in [-0.1, -0.05) is 23.4 Å². The Bertz CT molecular complexity index is 352. The van der Waals surface area contributed by atoms with Gasteiger partial charge in [-0.05, 0) is 25.2 Å². The number of halogens is 2. The van der Waals surface area contributed by atoms with Gasteiger partial charge in [-0.3, -0.25) is 0 Å². The number of nitrogens with one attached hydrogen (secondary N) is 1. The first-order valence-electron chi connectivity index (χ1n) is 3.82. The second-order valence-corrected chi connectivity index (χ2v) is 2.86. The summed E-state index contributed by atoms with van der Waals surface area (Å²) in [7, 11) is 1.79. The molecule has 1 N–H and O–H groups in total. The van der Waals surface area contributed by atoms with Crippen LogP contribution in [0.1, 0.15) is 5.56 Å². The smallest absolute Gasteiger partial charge is 0.124 e. The van der Waals surface area contributed by atoms with Crippen LogP contribution in [0, 0.1) is 17.7 Å². The Balaban J connectivity index is 2.89. The molecule has 0 saturated carbocycles. The zero-order chi connectivity index (χ0) is 9.68. The third-order valence-corrected chi connectivity index (χ3v) is 1.75. The fourth-order valence-corrected chi connectivity index (χ4v) is 0.986. The van der Waals surface area contributed by atoms with E-state index < -0.39 is 0 Å². The molecular formula is C10H9ClFN. The maximum atomic E-state index is 12.7. The average Bonchev–Trinajstić information content (AvgIpc) is 2.11. The lowest BCUT2D eigenvalue weighted by Gasteiger charge is -1.94. The summed E-state index contributed by atoms with van der Waals surface area (Å²) in [6.07, 6.45) is 0. The highest BCUT2D eigenvalue weighted by Crippen LogP contribution is 2.15. The fourth-order valence-electron chi connectivity index (χ4n) is 0.821. The Kier molecular flexibility index (Phi) is 3.75. The van der Waals surface area contributed by atoms with Gasteiger partial charge in [-0.15, -0.1) is 0 Å². The van der Waals surface area contributed by atoms with Crippen molar-refractivity contribution >= 4 is 11.6 Å². The summed E-state index contributed by atoms with van der Waals surface area (Å²) in [5.41, 5.74) is 0.525. The first-order chi connectivity index (χ1) is 6.24. The van der Waals surface area contributed by atoms with Crippen molar-refractivity contribution in [1.29, 1.82) is 0 Å². The lowest BCUT2D eigenvalue weighted by Crippen LogP contribution is -2.04. The number of benzene rings is 1.